The summed E-state index contributed by atoms with van der Waals surface area (Å²) in [6.45, 7) is 0. The lowest BCUT2D eigenvalue weighted by atomic mass is 10.2. The fourth-order valence-electron chi connectivity index (χ4n) is 1.80. The Hall–Kier alpha value is -1.70. The first-order valence-corrected chi connectivity index (χ1v) is 7.12. The standard InChI is InChI=1S/C10H12FN3O3S/c11-6-3-8(9(12)13-4-6)10(15)14-7-1-2-18(16,17)5-7/h3-4,7H,1-2,5H2,(H2,12,13)(H,14,15). The molecule has 1 aliphatic rings. The van der Waals surface area contributed by atoms with Crippen molar-refractivity contribution in [3.8, 4) is 0 Å². The van der Waals surface area contributed by atoms with Gasteiger partial charge in [-0.2, -0.15) is 0 Å². The number of nitrogen functional groups attached to an aromatic ring is 1. The summed E-state index contributed by atoms with van der Waals surface area (Å²) in [5, 5.41) is 2.51. The maximum absolute atomic E-state index is 13.0. The van der Waals surface area contributed by atoms with Crippen LogP contribution < -0.4 is 11.1 Å². The van der Waals surface area contributed by atoms with E-state index in [-0.39, 0.29) is 22.9 Å². The number of hydrogen-bond acceptors (Lipinski definition) is 5. The van der Waals surface area contributed by atoms with Crippen LogP contribution in [0.15, 0.2) is 12.3 Å². The third kappa shape index (κ3) is 2.76. The predicted octanol–water partition coefficient (Wildman–Crippen LogP) is -0.280. The van der Waals surface area contributed by atoms with Crippen LogP contribution in [0.3, 0.4) is 0 Å². The van der Waals surface area contributed by atoms with E-state index in [1.54, 1.807) is 0 Å². The van der Waals surface area contributed by atoms with Crippen LogP contribution in [-0.4, -0.2) is 36.9 Å². The number of hydrogen-bond donors (Lipinski definition) is 2. The second kappa shape index (κ2) is 4.52. The Morgan fingerprint density at radius 3 is 2.89 bits per heavy atom. The summed E-state index contributed by atoms with van der Waals surface area (Å²) in [7, 11) is -3.08. The Bertz CT molecular complexity index is 588. The average Bonchev–Trinajstić information content (AvgIpc) is 2.61. The topological polar surface area (TPSA) is 102 Å². The molecule has 0 spiro atoms. The van der Waals surface area contributed by atoms with Gasteiger partial charge in [-0.25, -0.2) is 17.8 Å². The summed E-state index contributed by atoms with van der Waals surface area (Å²) >= 11 is 0. The summed E-state index contributed by atoms with van der Waals surface area (Å²) in [5.74, 6) is -1.42. The molecule has 6 nitrogen and oxygen atoms in total. The lowest BCUT2D eigenvalue weighted by Gasteiger charge is -2.11. The van der Waals surface area contributed by atoms with Crippen LogP contribution in [0.1, 0.15) is 16.8 Å². The fraction of sp³-hybridized carbons (Fsp3) is 0.400. The molecule has 18 heavy (non-hydrogen) atoms. The normalized spacial score (nSPS) is 21.7. The lowest BCUT2D eigenvalue weighted by Crippen LogP contribution is -2.36. The van der Waals surface area contributed by atoms with Crippen LogP contribution in [0.25, 0.3) is 0 Å². The van der Waals surface area contributed by atoms with E-state index >= 15 is 0 Å². The molecule has 0 aliphatic carbocycles. The monoisotopic (exact) mass is 273 g/mol. The number of amides is 1. The zero-order valence-corrected chi connectivity index (χ0v) is 10.2. The number of nitrogens with zero attached hydrogens (tertiary/aromatic N) is 1. The van der Waals surface area contributed by atoms with Crippen LogP contribution >= 0.6 is 0 Å². The van der Waals surface area contributed by atoms with Crippen molar-refractivity contribution < 1.29 is 17.6 Å². The van der Waals surface area contributed by atoms with E-state index in [9.17, 15) is 17.6 Å². The van der Waals surface area contributed by atoms with Crippen LogP contribution in [0.2, 0.25) is 0 Å². The Kier molecular flexibility index (Phi) is 3.20. The van der Waals surface area contributed by atoms with E-state index < -0.39 is 27.6 Å². The van der Waals surface area contributed by atoms with Crippen molar-refractivity contribution in [3.05, 3.63) is 23.6 Å². The van der Waals surface area contributed by atoms with Crippen molar-refractivity contribution in [2.45, 2.75) is 12.5 Å². The zero-order valence-electron chi connectivity index (χ0n) is 9.39. The summed E-state index contributed by atoms with van der Waals surface area (Å²) in [6.07, 6.45) is 1.27. The summed E-state index contributed by atoms with van der Waals surface area (Å²) in [6, 6.07) is 0.520. The first-order valence-electron chi connectivity index (χ1n) is 5.30. The van der Waals surface area contributed by atoms with Crippen molar-refractivity contribution in [1.82, 2.24) is 10.3 Å². The molecule has 1 unspecified atom stereocenters. The van der Waals surface area contributed by atoms with Gasteiger partial charge in [0.25, 0.3) is 5.91 Å². The number of anilines is 1. The Morgan fingerprint density at radius 1 is 1.56 bits per heavy atom. The van der Waals surface area contributed by atoms with Gasteiger partial charge in [-0.15, -0.1) is 0 Å². The minimum absolute atomic E-state index is 0.0504. The summed E-state index contributed by atoms with van der Waals surface area (Å²) < 4.78 is 35.4. The highest BCUT2D eigenvalue weighted by Crippen LogP contribution is 2.14. The maximum atomic E-state index is 13.0. The molecule has 0 saturated carbocycles. The summed E-state index contributed by atoms with van der Waals surface area (Å²) in [5.41, 5.74) is 5.38. The van der Waals surface area contributed by atoms with Gasteiger partial charge < -0.3 is 11.1 Å². The number of carbonyl (C=O) groups is 1. The van der Waals surface area contributed by atoms with E-state index in [0.29, 0.717) is 6.42 Å². The number of pyridine rings is 1. The zero-order chi connectivity index (χ0) is 13.3. The molecule has 3 N–H and O–H groups in total. The number of halogens is 1. The van der Waals surface area contributed by atoms with Gasteiger partial charge in [0.15, 0.2) is 9.84 Å². The SMILES string of the molecule is Nc1ncc(F)cc1C(=O)NC1CCS(=O)(=O)C1. The molecule has 0 radical (unpaired) electrons. The highest BCUT2D eigenvalue weighted by Gasteiger charge is 2.29. The van der Waals surface area contributed by atoms with Gasteiger partial charge in [-0.3, -0.25) is 4.79 Å². The molecule has 8 heteroatoms. The van der Waals surface area contributed by atoms with Gasteiger partial charge in [-0.05, 0) is 12.5 Å². The van der Waals surface area contributed by atoms with Gasteiger partial charge >= 0.3 is 0 Å². The second-order valence-corrected chi connectivity index (χ2v) is 6.39. The van der Waals surface area contributed by atoms with E-state index in [1.807, 2.05) is 0 Å². The van der Waals surface area contributed by atoms with Gasteiger partial charge in [0.1, 0.15) is 11.6 Å². The largest absolute Gasteiger partial charge is 0.383 e. The Balaban J connectivity index is 2.11. The van der Waals surface area contributed by atoms with Crippen molar-refractivity contribution in [3.63, 3.8) is 0 Å². The van der Waals surface area contributed by atoms with Gasteiger partial charge in [0.2, 0.25) is 0 Å². The molecule has 0 aromatic carbocycles. The average molecular weight is 273 g/mol. The van der Waals surface area contributed by atoms with Crippen LogP contribution in [-0.2, 0) is 9.84 Å². The minimum atomic E-state index is -3.08. The molecule has 98 valence electrons. The Labute approximate surface area is 103 Å². The van der Waals surface area contributed by atoms with Crippen molar-refractivity contribution in [2.75, 3.05) is 17.2 Å². The molecule has 2 rings (SSSR count). The fourth-order valence-corrected chi connectivity index (χ4v) is 3.48. The predicted molar refractivity (Wildman–Crippen MR) is 63.1 cm³/mol. The van der Waals surface area contributed by atoms with E-state index in [0.717, 1.165) is 12.3 Å². The van der Waals surface area contributed by atoms with Crippen molar-refractivity contribution >= 4 is 21.6 Å². The van der Waals surface area contributed by atoms with Crippen LogP contribution in [0.4, 0.5) is 10.2 Å². The molecule has 1 fully saturated rings. The number of aromatic nitrogens is 1. The molecular formula is C10H12FN3O3S. The molecule has 1 aromatic rings. The number of nitrogens with two attached hydrogens (primary N) is 1. The summed E-state index contributed by atoms with van der Waals surface area (Å²) in [4.78, 5) is 15.3. The third-order valence-electron chi connectivity index (χ3n) is 2.70. The minimum Gasteiger partial charge on any atom is -0.383 e. The Morgan fingerprint density at radius 2 is 2.28 bits per heavy atom. The molecule has 1 aromatic heterocycles. The molecule has 1 aliphatic heterocycles. The highest BCUT2D eigenvalue weighted by molar-refractivity contribution is 7.91. The molecule has 1 atom stereocenters. The van der Waals surface area contributed by atoms with E-state index in [4.69, 9.17) is 5.73 Å². The number of sulfone groups is 1. The third-order valence-corrected chi connectivity index (χ3v) is 4.47. The first-order chi connectivity index (χ1) is 8.37. The molecule has 1 amide bonds. The second-order valence-electron chi connectivity index (χ2n) is 4.16. The van der Waals surface area contributed by atoms with Crippen LogP contribution in [0, 0.1) is 5.82 Å². The van der Waals surface area contributed by atoms with E-state index in [1.165, 1.54) is 0 Å². The van der Waals surface area contributed by atoms with Gasteiger partial charge in [-0.1, -0.05) is 0 Å². The van der Waals surface area contributed by atoms with Crippen molar-refractivity contribution in [2.24, 2.45) is 0 Å². The smallest absolute Gasteiger partial charge is 0.255 e. The number of rotatable bonds is 2. The van der Waals surface area contributed by atoms with Crippen molar-refractivity contribution in [1.29, 1.82) is 0 Å². The quantitative estimate of drug-likeness (QED) is 0.771. The molecule has 1 saturated heterocycles. The van der Waals surface area contributed by atoms with Gasteiger partial charge in [0.05, 0.1) is 23.3 Å². The molecule has 2 heterocycles. The lowest BCUT2D eigenvalue weighted by molar-refractivity contribution is 0.0941. The van der Waals surface area contributed by atoms with Gasteiger partial charge in [0, 0.05) is 6.04 Å². The van der Waals surface area contributed by atoms with E-state index in [2.05, 4.69) is 10.3 Å². The first kappa shape index (κ1) is 12.7. The molecule has 0 bridgehead atoms. The maximum Gasteiger partial charge on any atom is 0.255 e. The number of nitrogens with one attached hydrogen (secondary N) is 1. The number of carbonyl (C=O) groups excluding carboxylic acids is 1. The highest BCUT2D eigenvalue weighted by atomic mass is 32.2. The van der Waals surface area contributed by atoms with Crippen LogP contribution in [0.5, 0.6) is 0 Å². The molecular weight excluding hydrogens is 261 g/mol.